The molecule has 0 radical (unpaired) electrons. The number of thioether (sulfide) groups is 1. The van der Waals surface area contributed by atoms with E-state index in [2.05, 4.69) is 18.7 Å². The van der Waals surface area contributed by atoms with E-state index in [1.807, 2.05) is 18.2 Å². The molecule has 0 fully saturated rings. The van der Waals surface area contributed by atoms with Gasteiger partial charge in [-0.05, 0) is 12.1 Å². The van der Waals surface area contributed by atoms with Crippen LogP contribution in [0.4, 0.5) is 0 Å². The summed E-state index contributed by atoms with van der Waals surface area (Å²) in [5.74, 6) is 0.968. The first-order chi connectivity index (χ1) is 5.93. The van der Waals surface area contributed by atoms with Crippen LogP contribution in [0.3, 0.4) is 0 Å². The third-order valence-electron chi connectivity index (χ3n) is 1.33. The Morgan fingerprint density at radius 3 is 2.75 bits per heavy atom. The van der Waals surface area contributed by atoms with Gasteiger partial charge in [-0.25, -0.2) is 0 Å². The van der Waals surface area contributed by atoms with E-state index in [1.54, 1.807) is 11.8 Å². The molecule has 1 aromatic carbocycles. The van der Waals surface area contributed by atoms with Crippen molar-refractivity contribution in [2.45, 2.75) is 4.90 Å². The molecule has 0 aromatic heterocycles. The van der Waals surface area contributed by atoms with Crippen molar-refractivity contribution < 1.29 is 4.74 Å². The van der Waals surface area contributed by atoms with Gasteiger partial charge in [0.15, 0.2) is 0 Å². The predicted octanol–water partition coefficient (Wildman–Crippen LogP) is 2.94. The van der Waals surface area contributed by atoms with Crippen molar-refractivity contribution in [3.05, 3.63) is 43.2 Å². The van der Waals surface area contributed by atoms with Crippen molar-refractivity contribution >= 4 is 11.8 Å². The number of ether oxygens (including phenoxy) is 1. The quantitative estimate of drug-likeness (QED) is 0.391. The van der Waals surface area contributed by atoms with Gasteiger partial charge in [-0.15, -0.1) is 11.8 Å². The molecule has 0 saturated heterocycles. The Bertz CT molecular complexity index is 221. The van der Waals surface area contributed by atoms with E-state index in [0.717, 1.165) is 12.4 Å². The number of hydrogen-bond donors (Lipinski definition) is 0. The average Bonchev–Trinajstić information content (AvgIpc) is 2.14. The fourth-order valence-corrected chi connectivity index (χ4v) is 1.57. The van der Waals surface area contributed by atoms with E-state index in [4.69, 9.17) is 4.74 Å². The number of hydrogen-bond acceptors (Lipinski definition) is 2. The number of rotatable bonds is 5. The molecule has 0 bridgehead atoms. The molecule has 1 aromatic rings. The molecular formula is C10H12OS. The summed E-state index contributed by atoms with van der Waals surface area (Å²) in [5.41, 5.74) is 0. The molecule has 12 heavy (non-hydrogen) atoms. The van der Waals surface area contributed by atoms with Gasteiger partial charge in [-0.3, -0.25) is 0 Å². The zero-order chi connectivity index (χ0) is 8.65. The Balaban J connectivity index is 2.20. The van der Waals surface area contributed by atoms with Gasteiger partial charge in [0.25, 0.3) is 0 Å². The van der Waals surface area contributed by atoms with Gasteiger partial charge in [-0.1, -0.05) is 24.8 Å². The second-order valence-electron chi connectivity index (χ2n) is 2.20. The summed E-state index contributed by atoms with van der Waals surface area (Å²) in [6.07, 6.45) is 1.48. The Hall–Kier alpha value is -0.890. The first-order valence-corrected chi connectivity index (χ1v) is 4.82. The Labute approximate surface area is 77.4 Å². The zero-order valence-corrected chi connectivity index (χ0v) is 7.72. The highest BCUT2D eigenvalue weighted by Crippen LogP contribution is 2.15. The molecule has 0 atom stereocenters. The standard InChI is InChI=1S/C10H12OS/c1-2-11-8-9-12-10-6-4-3-5-7-10/h2-7H,1,8-9H2. The first-order valence-electron chi connectivity index (χ1n) is 3.84. The SMILES string of the molecule is C=COCCSc1ccccc1. The van der Waals surface area contributed by atoms with Gasteiger partial charge in [0.05, 0.1) is 12.9 Å². The summed E-state index contributed by atoms with van der Waals surface area (Å²) in [5, 5.41) is 0. The van der Waals surface area contributed by atoms with E-state index in [1.165, 1.54) is 11.2 Å². The van der Waals surface area contributed by atoms with Crippen LogP contribution in [0.15, 0.2) is 48.1 Å². The second-order valence-corrected chi connectivity index (χ2v) is 3.37. The highest BCUT2D eigenvalue weighted by molar-refractivity contribution is 7.99. The molecule has 0 spiro atoms. The van der Waals surface area contributed by atoms with E-state index < -0.39 is 0 Å². The molecular weight excluding hydrogens is 168 g/mol. The smallest absolute Gasteiger partial charge is 0.0966 e. The third-order valence-corrected chi connectivity index (χ3v) is 2.31. The van der Waals surface area contributed by atoms with Crippen LogP contribution in [0.25, 0.3) is 0 Å². The van der Waals surface area contributed by atoms with Gasteiger partial charge >= 0.3 is 0 Å². The molecule has 64 valence electrons. The monoisotopic (exact) mass is 180 g/mol. The van der Waals surface area contributed by atoms with Gasteiger partial charge in [0.2, 0.25) is 0 Å². The van der Waals surface area contributed by atoms with Crippen LogP contribution >= 0.6 is 11.8 Å². The maximum atomic E-state index is 5.00. The van der Waals surface area contributed by atoms with Crippen molar-refractivity contribution in [1.29, 1.82) is 0 Å². The highest BCUT2D eigenvalue weighted by Gasteiger charge is 1.90. The summed E-state index contributed by atoms with van der Waals surface area (Å²) < 4.78 is 5.00. The van der Waals surface area contributed by atoms with Crippen molar-refractivity contribution in [2.75, 3.05) is 12.4 Å². The molecule has 0 N–H and O–H groups in total. The lowest BCUT2D eigenvalue weighted by Crippen LogP contribution is -1.89. The Morgan fingerprint density at radius 1 is 1.33 bits per heavy atom. The Morgan fingerprint density at radius 2 is 2.08 bits per heavy atom. The van der Waals surface area contributed by atoms with Gasteiger partial charge in [0, 0.05) is 10.6 Å². The van der Waals surface area contributed by atoms with Crippen LogP contribution < -0.4 is 0 Å². The summed E-state index contributed by atoms with van der Waals surface area (Å²) in [6, 6.07) is 10.3. The number of benzene rings is 1. The van der Waals surface area contributed by atoms with Crippen LogP contribution in [-0.4, -0.2) is 12.4 Å². The molecule has 0 heterocycles. The summed E-state index contributed by atoms with van der Waals surface area (Å²) >= 11 is 1.79. The largest absolute Gasteiger partial charge is 0.501 e. The summed E-state index contributed by atoms with van der Waals surface area (Å²) in [6.45, 7) is 4.20. The van der Waals surface area contributed by atoms with E-state index >= 15 is 0 Å². The molecule has 0 saturated carbocycles. The molecule has 0 aliphatic rings. The van der Waals surface area contributed by atoms with Crippen LogP contribution in [0.5, 0.6) is 0 Å². The van der Waals surface area contributed by atoms with Gasteiger partial charge in [-0.2, -0.15) is 0 Å². The minimum absolute atomic E-state index is 0.725. The minimum Gasteiger partial charge on any atom is -0.501 e. The highest BCUT2D eigenvalue weighted by atomic mass is 32.2. The molecule has 0 amide bonds. The lowest BCUT2D eigenvalue weighted by atomic mass is 10.4. The topological polar surface area (TPSA) is 9.23 Å². The van der Waals surface area contributed by atoms with Crippen LogP contribution in [0, 0.1) is 0 Å². The second kappa shape index (κ2) is 5.72. The Kier molecular flexibility index (Phi) is 4.39. The van der Waals surface area contributed by atoms with Crippen LogP contribution in [-0.2, 0) is 4.74 Å². The van der Waals surface area contributed by atoms with Gasteiger partial charge < -0.3 is 4.74 Å². The molecule has 2 heteroatoms. The summed E-state index contributed by atoms with van der Waals surface area (Å²) in [4.78, 5) is 1.28. The molecule has 1 nitrogen and oxygen atoms in total. The summed E-state index contributed by atoms with van der Waals surface area (Å²) in [7, 11) is 0. The normalized spacial score (nSPS) is 9.33. The van der Waals surface area contributed by atoms with Gasteiger partial charge in [0.1, 0.15) is 0 Å². The maximum Gasteiger partial charge on any atom is 0.0966 e. The molecule has 0 unspecified atom stereocenters. The first kappa shape index (κ1) is 9.20. The minimum atomic E-state index is 0.725. The molecule has 1 rings (SSSR count). The predicted molar refractivity (Wildman–Crippen MR) is 53.3 cm³/mol. The van der Waals surface area contributed by atoms with E-state index in [9.17, 15) is 0 Å². The zero-order valence-electron chi connectivity index (χ0n) is 6.90. The van der Waals surface area contributed by atoms with Crippen LogP contribution in [0.1, 0.15) is 0 Å². The van der Waals surface area contributed by atoms with Crippen molar-refractivity contribution in [3.8, 4) is 0 Å². The third kappa shape index (κ3) is 3.49. The van der Waals surface area contributed by atoms with Crippen molar-refractivity contribution in [1.82, 2.24) is 0 Å². The lowest BCUT2D eigenvalue weighted by Gasteiger charge is -2.00. The van der Waals surface area contributed by atoms with Crippen molar-refractivity contribution in [2.24, 2.45) is 0 Å². The molecule has 0 aliphatic heterocycles. The van der Waals surface area contributed by atoms with E-state index in [-0.39, 0.29) is 0 Å². The molecule has 0 aliphatic carbocycles. The fraction of sp³-hybridized carbons (Fsp3) is 0.200. The maximum absolute atomic E-state index is 5.00. The lowest BCUT2D eigenvalue weighted by molar-refractivity contribution is 0.274. The van der Waals surface area contributed by atoms with Crippen molar-refractivity contribution in [3.63, 3.8) is 0 Å². The van der Waals surface area contributed by atoms with Crippen LogP contribution in [0.2, 0.25) is 0 Å². The average molecular weight is 180 g/mol. The van der Waals surface area contributed by atoms with E-state index in [0.29, 0.717) is 0 Å². The fourth-order valence-electron chi connectivity index (χ4n) is 0.808.